The van der Waals surface area contributed by atoms with E-state index < -0.39 is 17.6 Å². The van der Waals surface area contributed by atoms with Gasteiger partial charge in [-0.15, -0.1) is 0 Å². The van der Waals surface area contributed by atoms with Gasteiger partial charge in [0.1, 0.15) is 5.82 Å². The molecular weight excluding hydrogens is 270 g/mol. The van der Waals surface area contributed by atoms with Crippen LogP contribution in [0, 0.1) is 5.82 Å². The number of carbonyl (C=O) groups is 1. The van der Waals surface area contributed by atoms with Crippen LogP contribution in [0.5, 0.6) is 0 Å². The van der Waals surface area contributed by atoms with Gasteiger partial charge in [-0.25, -0.2) is 9.18 Å². The summed E-state index contributed by atoms with van der Waals surface area (Å²) in [5.41, 5.74) is 0.284. The zero-order chi connectivity index (χ0) is 11.6. The fourth-order valence-corrected chi connectivity index (χ4v) is 1.40. The van der Waals surface area contributed by atoms with E-state index in [1.807, 2.05) is 0 Å². The van der Waals surface area contributed by atoms with Gasteiger partial charge in [-0.1, -0.05) is 6.07 Å². The van der Waals surface area contributed by atoms with Crippen LogP contribution < -0.4 is 0 Å². The van der Waals surface area contributed by atoms with E-state index in [4.69, 9.17) is 5.11 Å². The van der Waals surface area contributed by atoms with Crippen molar-refractivity contribution in [2.75, 3.05) is 0 Å². The van der Waals surface area contributed by atoms with Crippen LogP contribution in [-0.2, 0) is 4.79 Å². The van der Waals surface area contributed by atoms with Gasteiger partial charge < -0.3 is 5.11 Å². The van der Waals surface area contributed by atoms with Gasteiger partial charge in [0.05, 0.1) is 4.47 Å². The highest BCUT2D eigenvalue weighted by atomic mass is 79.9. The second kappa shape index (κ2) is 4.53. The number of carboxylic acids is 1. The highest BCUT2D eigenvalue weighted by Crippen LogP contribution is 2.24. The van der Waals surface area contributed by atoms with E-state index in [1.54, 1.807) is 0 Å². The van der Waals surface area contributed by atoms with Crippen LogP contribution in [0.2, 0.25) is 0 Å². The van der Waals surface area contributed by atoms with E-state index in [0.29, 0.717) is 5.56 Å². The summed E-state index contributed by atoms with van der Waals surface area (Å²) in [7, 11) is 0. The third-order valence-electron chi connectivity index (χ3n) is 1.87. The average Bonchev–Trinajstić information content (AvgIpc) is 2.19. The minimum Gasteiger partial charge on any atom is -0.476 e. The molecule has 0 atom stereocenters. The number of rotatable bonds is 2. The maximum absolute atomic E-state index is 13.0. The van der Waals surface area contributed by atoms with Gasteiger partial charge in [0.15, 0.2) is 0 Å². The monoisotopic (exact) mass is 276 g/mol. The number of halogens is 3. The number of benzene rings is 1. The molecule has 0 saturated heterocycles. The SMILES string of the molecule is CC(=C(F)C(=O)O)c1ccc(F)c(Br)c1. The number of carboxylic acid groups (broad SMARTS) is 1. The van der Waals surface area contributed by atoms with E-state index >= 15 is 0 Å². The smallest absolute Gasteiger partial charge is 0.365 e. The Bertz CT molecular complexity index is 441. The number of aliphatic carboxylic acids is 1. The van der Waals surface area contributed by atoms with Crippen LogP contribution in [0.15, 0.2) is 28.5 Å². The largest absolute Gasteiger partial charge is 0.476 e. The van der Waals surface area contributed by atoms with Gasteiger partial charge in [-0.3, -0.25) is 0 Å². The molecule has 2 nitrogen and oxygen atoms in total. The Morgan fingerprint density at radius 2 is 2.07 bits per heavy atom. The highest BCUT2D eigenvalue weighted by molar-refractivity contribution is 9.10. The summed E-state index contributed by atoms with van der Waals surface area (Å²) in [4.78, 5) is 10.3. The van der Waals surface area contributed by atoms with Crippen molar-refractivity contribution in [3.8, 4) is 0 Å². The topological polar surface area (TPSA) is 37.3 Å². The Morgan fingerprint density at radius 1 is 1.47 bits per heavy atom. The molecule has 0 spiro atoms. The molecule has 1 rings (SSSR count). The first-order valence-corrected chi connectivity index (χ1v) is 4.78. The van der Waals surface area contributed by atoms with E-state index in [2.05, 4.69) is 15.9 Å². The first-order valence-electron chi connectivity index (χ1n) is 3.98. The fraction of sp³-hybridized carbons (Fsp3) is 0.100. The van der Waals surface area contributed by atoms with Crippen molar-refractivity contribution in [3.05, 3.63) is 39.9 Å². The third-order valence-corrected chi connectivity index (χ3v) is 2.48. The molecule has 15 heavy (non-hydrogen) atoms. The molecule has 0 unspecified atom stereocenters. The molecule has 0 aromatic heterocycles. The van der Waals surface area contributed by atoms with Gasteiger partial charge in [0.25, 0.3) is 0 Å². The van der Waals surface area contributed by atoms with Crippen LogP contribution in [0.1, 0.15) is 12.5 Å². The lowest BCUT2D eigenvalue weighted by molar-refractivity contribution is -0.134. The lowest BCUT2D eigenvalue weighted by Crippen LogP contribution is -1.98. The molecule has 0 aliphatic heterocycles. The lowest BCUT2D eigenvalue weighted by atomic mass is 10.1. The van der Waals surface area contributed by atoms with Crippen molar-refractivity contribution in [1.29, 1.82) is 0 Å². The average molecular weight is 277 g/mol. The van der Waals surface area contributed by atoms with E-state index in [9.17, 15) is 13.6 Å². The second-order valence-corrected chi connectivity index (χ2v) is 3.73. The molecule has 0 radical (unpaired) electrons. The summed E-state index contributed by atoms with van der Waals surface area (Å²) in [5.74, 6) is -3.36. The number of hydrogen-bond donors (Lipinski definition) is 1. The first-order chi connectivity index (χ1) is 6.93. The number of hydrogen-bond acceptors (Lipinski definition) is 1. The van der Waals surface area contributed by atoms with Gasteiger partial charge in [-0.05, 0) is 46.1 Å². The summed E-state index contributed by atoms with van der Waals surface area (Å²) in [5, 5.41) is 8.42. The molecule has 80 valence electrons. The summed E-state index contributed by atoms with van der Waals surface area (Å²) in [6, 6.07) is 3.78. The van der Waals surface area contributed by atoms with E-state index in [0.717, 1.165) is 6.07 Å². The van der Waals surface area contributed by atoms with Gasteiger partial charge in [-0.2, -0.15) is 4.39 Å². The standard InChI is InChI=1S/C10H7BrF2O2/c1-5(9(13)10(14)15)6-2-3-8(12)7(11)4-6/h2-4H,1H3,(H,14,15). The Kier molecular flexibility index (Phi) is 3.57. The second-order valence-electron chi connectivity index (χ2n) is 2.87. The summed E-state index contributed by atoms with van der Waals surface area (Å²) >= 11 is 2.93. The molecule has 1 N–H and O–H groups in total. The molecule has 0 fully saturated rings. The van der Waals surface area contributed by atoms with Crippen molar-refractivity contribution in [3.63, 3.8) is 0 Å². The van der Waals surface area contributed by atoms with Crippen LogP contribution in [0.4, 0.5) is 8.78 Å². The van der Waals surface area contributed by atoms with Crippen molar-refractivity contribution in [1.82, 2.24) is 0 Å². The summed E-state index contributed by atoms with van der Waals surface area (Å²) in [6.45, 7) is 1.32. The Hall–Kier alpha value is -1.23. The Labute approximate surface area is 93.4 Å². The van der Waals surface area contributed by atoms with Gasteiger partial charge in [0, 0.05) is 0 Å². The summed E-state index contributed by atoms with van der Waals surface area (Å²) in [6.07, 6.45) is 0. The fourth-order valence-electron chi connectivity index (χ4n) is 1.02. The van der Waals surface area contributed by atoms with Crippen molar-refractivity contribution in [2.24, 2.45) is 0 Å². The minimum atomic E-state index is -1.63. The Morgan fingerprint density at radius 3 is 2.53 bits per heavy atom. The zero-order valence-corrected chi connectivity index (χ0v) is 9.31. The van der Waals surface area contributed by atoms with Crippen LogP contribution in [0.3, 0.4) is 0 Å². The van der Waals surface area contributed by atoms with Gasteiger partial charge in [0.2, 0.25) is 5.83 Å². The van der Waals surface area contributed by atoms with E-state index in [-0.39, 0.29) is 10.0 Å². The quantitative estimate of drug-likeness (QED) is 0.841. The van der Waals surface area contributed by atoms with Crippen LogP contribution in [0.25, 0.3) is 5.57 Å². The summed E-state index contributed by atoms with van der Waals surface area (Å²) < 4.78 is 26.0. The predicted octanol–water partition coefficient (Wildman–Crippen LogP) is 3.37. The molecule has 0 aliphatic rings. The molecule has 0 saturated carbocycles. The minimum absolute atomic E-state index is 0.0387. The molecule has 0 amide bonds. The molecule has 0 bridgehead atoms. The molecule has 0 aliphatic carbocycles. The maximum Gasteiger partial charge on any atom is 0.365 e. The lowest BCUT2D eigenvalue weighted by Gasteiger charge is -2.03. The molecular formula is C10H7BrF2O2. The van der Waals surface area contributed by atoms with Crippen molar-refractivity contribution < 1.29 is 18.7 Å². The van der Waals surface area contributed by atoms with Crippen molar-refractivity contribution in [2.45, 2.75) is 6.92 Å². The van der Waals surface area contributed by atoms with E-state index in [1.165, 1.54) is 19.1 Å². The molecule has 1 aromatic rings. The molecule has 5 heteroatoms. The van der Waals surface area contributed by atoms with Crippen molar-refractivity contribution >= 4 is 27.5 Å². The normalized spacial score (nSPS) is 12.3. The maximum atomic E-state index is 13.0. The Balaban J connectivity index is 3.23. The molecule has 0 heterocycles. The van der Waals surface area contributed by atoms with Crippen LogP contribution >= 0.6 is 15.9 Å². The number of allylic oxidation sites excluding steroid dienone is 1. The highest BCUT2D eigenvalue weighted by Gasteiger charge is 2.12. The predicted molar refractivity (Wildman–Crippen MR) is 55.4 cm³/mol. The first kappa shape index (κ1) is 11.8. The zero-order valence-electron chi connectivity index (χ0n) is 7.72. The van der Waals surface area contributed by atoms with Crippen LogP contribution in [-0.4, -0.2) is 11.1 Å². The van der Waals surface area contributed by atoms with Gasteiger partial charge >= 0.3 is 5.97 Å². The molecule has 1 aromatic carbocycles. The third kappa shape index (κ3) is 2.62.